The lowest BCUT2D eigenvalue weighted by molar-refractivity contribution is 0.476. The minimum Gasteiger partial charge on any atom is -0.507 e. The molecule has 0 aliphatic rings. The Bertz CT molecular complexity index is 1390. The van der Waals surface area contributed by atoms with E-state index in [1.54, 1.807) is 0 Å². The van der Waals surface area contributed by atoms with Gasteiger partial charge >= 0.3 is 0 Å². The van der Waals surface area contributed by atoms with E-state index in [4.69, 9.17) is 15.0 Å². The number of hydrogen-bond donors (Lipinski definition) is 2. The third kappa shape index (κ3) is 7.96. The summed E-state index contributed by atoms with van der Waals surface area (Å²) in [5.74, 6) is 1.69. The molecule has 0 aliphatic carbocycles. The first-order valence-corrected chi connectivity index (χ1v) is 16.0. The molecule has 42 heavy (non-hydrogen) atoms. The van der Waals surface area contributed by atoms with Gasteiger partial charge in [0.25, 0.3) is 0 Å². The standard InChI is InChI=1S/C37H47N3O2/c1-5-9-13-26-17-20-30(29(23-26)16-12-8-4)35-38-36(31-21-18-27(14-10-6-2)24-33(31)41)40-37(39-35)32-22-19-28(15-11-7-3)25-34(32)42/h17-25,41-42H,5-16H2,1-4H3. The SMILES string of the molecule is CCCCc1ccc(-c2nc(-c3ccc(CCCC)cc3O)nc(-c3ccc(CCCC)cc3CCCC)n2)c(O)c1. The van der Waals surface area contributed by atoms with Crippen molar-refractivity contribution in [1.29, 1.82) is 0 Å². The number of nitrogens with zero attached hydrogens (tertiary/aromatic N) is 3. The first-order chi connectivity index (χ1) is 20.5. The molecule has 0 radical (unpaired) electrons. The van der Waals surface area contributed by atoms with Crippen LogP contribution in [0.15, 0.2) is 54.6 Å². The average Bonchev–Trinajstić information content (AvgIpc) is 3.00. The molecule has 4 aromatic rings. The second kappa shape index (κ2) is 15.5. The van der Waals surface area contributed by atoms with Gasteiger partial charge in [-0.2, -0.15) is 0 Å². The van der Waals surface area contributed by atoms with Gasteiger partial charge in [0.15, 0.2) is 17.5 Å². The number of phenols is 2. The Labute approximate surface area is 252 Å². The predicted octanol–water partition coefficient (Wildman–Crippen LogP) is 9.65. The van der Waals surface area contributed by atoms with Gasteiger partial charge in [0.2, 0.25) is 0 Å². The molecule has 5 nitrogen and oxygen atoms in total. The summed E-state index contributed by atoms with van der Waals surface area (Å²) in [5, 5.41) is 22.2. The van der Waals surface area contributed by atoms with Gasteiger partial charge in [-0.3, -0.25) is 0 Å². The molecule has 5 heteroatoms. The van der Waals surface area contributed by atoms with Crippen molar-refractivity contribution in [2.75, 3.05) is 0 Å². The third-order valence-electron chi connectivity index (χ3n) is 7.91. The van der Waals surface area contributed by atoms with Crippen LogP contribution in [0.4, 0.5) is 0 Å². The summed E-state index contributed by atoms with van der Waals surface area (Å²) in [7, 11) is 0. The van der Waals surface area contributed by atoms with Crippen molar-refractivity contribution >= 4 is 0 Å². The Morgan fingerprint density at radius 1 is 0.452 bits per heavy atom. The van der Waals surface area contributed by atoms with E-state index < -0.39 is 0 Å². The summed E-state index contributed by atoms with van der Waals surface area (Å²) in [6, 6.07) is 18.2. The van der Waals surface area contributed by atoms with Crippen LogP contribution in [0.25, 0.3) is 34.2 Å². The molecule has 1 heterocycles. The van der Waals surface area contributed by atoms with Gasteiger partial charge in [0.05, 0.1) is 11.1 Å². The van der Waals surface area contributed by atoms with Crippen LogP contribution >= 0.6 is 0 Å². The maximum Gasteiger partial charge on any atom is 0.167 e. The molecule has 0 amide bonds. The molecule has 0 fully saturated rings. The van der Waals surface area contributed by atoms with E-state index >= 15 is 0 Å². The molecule has 3 aromatic carbocycles. The van der Waals surface area contributed by atoms with E-state index in [0.29, 0.717) is 28.6 Å². The number of aryl methyl sites for hydroxylation is 4. The number of benzene rings is 3. The first kappa shape index (κ1) is 31.2. The Morgan fingerprint density at radius 2 is 0.810 bits per heavy atom. The number of phenolic OH excluding ortho intramolecular Hbond substituents is 2. The van der Waals surface area contributed by atoms with Crippen LogP contribution in [0, 0.1) is 0 Å². The number of rotatable bonds is 15. The van der Waals surface area contributed by atoms with Crippen molar-refractivity contribution in [2.45, 2.75) is 105 Å². The predicted molar refractivity (Wildman–Crippen MR) is 174 cm³/mol. The number of aromatic nitrogens is 3. The van der Waals surface area contributed by atoms with Crippen LogP contribution in [-0.2, 0) is 25.7 Å². The fourth-order valence-corrected chi connectivity index (χ4v) is 5.32. The maximum absolute atomic E-state index is 11.1. The van der Waals surface area contributed by atoms with Crippen molar-refractivity contribution < 1.29 is 10.2 Å². The molecule has 0 aliphatic heterocycles. The highest BCUT2D eigenvalue weighted by molar-refractivity contribution is 5.73. The minimum absolute atomic E-state index is 0.159. The Morgan fingerprint density at radius 3 is 1.21 bits per heavy atom. The molecule has 1 aromatic heterocycles. The summed E-state index contributed by atoms with van der Waals surface area (Å²) >= 11 is 0. The van der Waals surface area contributed by atoms with Gasteiger partial charge in [0, 0.05) is 5.56 Å². The van der Waals surface area contributed by atoms with Crippen molar-refractivity contribution in [2.24, 2.45) is 0 Å². The Hall–Kier alpha value is -3.73. The van der Waals surface area contributed by atoms with Gasteiger partial charge in [-0.15, -0.1) is 0 Å². The molecule has 2 N–H and O–H groups in total. The molecule has 0 bridgehead atoms. The normalized spacial score (nSPS) is 11.2. The molecule has 4 rings (SSSR count). The van der Waals surface area contributed by atoms with E-state index in [2.05, 4.69) is 45.9 Å². The molecular weight excluding hydrogens is 518 g/mol. The van der Waals surface area contributed by atoms with Gasteiger partial charge in [-0.25, -0.2) is 15.0 Å². The first-order valence-electron chi connectivity index (χ1n) is 16.0. The summed E-state index contributed by atoms with van der Waals surface area (Å²) in [6.45, 7) is 8.76. The van der Waals surface area contributed by atoms with Crippen LogP contribution in [0.5, 0.6) is 11.5 Å². The topological polar surface area (TPSA) is 79.1 Å². The zero-order chi connectivity index (χ0) is 29.9. The molecule has 0 saturated heterocycles. The summed E-state index contributed by atoms with van der Waals surface area (Å²) in [5.41, 5.74) is 6.86. The second-order valence-electron chi connectivity index (χ2n) is 11.4. The minimum atomic E-state index is 0.159. The van der Waals surface area contributed by atoms with Crippen molar-refractivity contribution in [3.05, 3.63) is 76.9 Å². The largest absolute Gasteiger partial charge is 0.507 e. The highest BCUT2D eigenvalue weighted by atomic mass is 16.3. The summed E-state index contributed by atoms with van der Waals surface area (Å²) < 4.78 is 0. The van der Waals surface area contributed by atoms with Crippen LogP contribution in [0.2, 0.25) is 0 Å². The Kier molecular flexibility index (Phi) is 11.5. The van der Waals surface area contributed by atoms with E-state index in [1.807, 2.05) is 36.4 Å². The summed E-state index contributed by atoms with van der Waals surface area (Å²) in [6.07, 6.45) is 12.7. The van der Waals surface area contributed by atoms with Crippen LogP contribution < -0.4 is 0 Å². The average molecular weight is 566 g/mol. The van der Waals surface area contributed by atoms with E-state index in [-0.39, 0.29) is 11.5 Å². The monoisotopic (exact) mass is 565 g/mol. The molecular formula is C37H47N3O2. The molecule has 0 unspecified atom stereocenters. The van der Waals surface area contributed by atoms with Gasteiger partial charge in [0.1, 0.15) is 11.5 Å². The number of hydrogen-bond acceptors (Lipinski definition) is 5. The zero-order valence-corrected chi connectivity index (χ0v) is 25.9. The molecule has 0 atom stereocenters. The van der Waals surface area contributed by atoms with Crippen LogP contribution in [0.3, 0.4) is 0 Å². The maximum atomic E-state index is 11.1. The van der Waals surface area contributed by atoms with Gasteiger partial charge in [-0.05, 0) is 97.9 Å². The van der Waals surface area contributed by atoms with Crippen molar-refractivity contribution in [3.8, 4) is 45.7 Å². The highest BCUT2D eigenvalue weighted by Crippen LogP contribution is 2.35. The Balaban J connectivity index is 1.86. The lowest BCUT2D eigenvalue weighted by Crippen LogP contribution is -2.03. The van der Waals surface area contributed by atoms with Gasteiger partial charge in [-0.1, -0.05) is 83.7 Å². The fourth-order valence-electron chi connectivity index (χ4n) is 5.32. The van der Waals surface area contributed by atoms with Gasteiger partial charge < -0.3 is 10.2 Å². The molecule has 0 saturated carbocycles. The molecule has 222 valence electrons. The second-order valence-corrected chi connectivity index (χ2v) is 11.4. The lowest BCUT2D eigenvalue weighted by Gasteiger charge is -2.14. The molecule has 0 spiro atoms. The van der Waals surface area contributed by atoms with E-state index in [0.717, 1.165) is 93.7 Å². The van der Waals surface area contributed by atoms with E-state index in [9.17, 15) is 10.2 Å². The van der Waals surface area contributed by atoms with Crippen molar-refractivity contribution in [1.82, 2.24) is 15.0 Å². The lowest BCUT2D eigenvalue weighted by atomic mass is 9.96. The van der Waals surface area contributed by atoms with Crippen molar-refractivity contribution in [3.63, 3.8) is 0 Å². The zero-order valence-electron chi connectivity index (χ0n) is 25.9. The smallest absolute Gasteiger partial charge is 0.167 e. The highest BCUT2D eigenvalue weighted by Gasteiger charge is 2.19. The van der Waals surface area contributed by atoms with E-state index in [1.165, 1.54) is 11.1 Å². The quantitative estimate of drug-likeness (QED) is 0.150. The number of aromatic hydroxyl groups is 2. The third-order valence-corrected chi connectivity index (χ3v) is 7.91. The fraction of sp³-hybridized carbons (Fsp3) is 0.432. The van der Waals surface area contributed by atoms with Crippen LogP contribution in [-0.4, -0.2) is 25.2 Å². The summed E-state index contributed by atoms with van der Waals surface area (Å²) in [4.78, 5) is 14.7. The van der Waals surface area contributed by atoms with Crippen LogP contribution in [0.1, 0.15) is 101 Å². The number of unbranched alkanes of at least 4 members (excludes halogenated alkanes) is 4.